The van der Waals surface area contributed by atoms with Crippen LogP contribution >= 0.6 is 45.2 Å². The summed E-state index contributed by atoms with van der Waals surface area (Å²) in [6.45, 7) is 27.5. The number of phenolic OH excluding ortho intramolecular Hbond substituents is 1. The molecule has 0 aliphatic carbocycles. The number of fused-ring (bicyclic) bond motifs is 1. The minimum atomic E-state index is -0.332. The monoisotopic (exact) mass is 1510 g/mol. The maximum absolute atomic E-state index is 13.2. The number of carbonyl (C=O) groups is 3. The zero-order valence-corrected chi connectivity index (χ0v) is 63.5. The topological polar surface area (TPSA) is 155 Å². The van der Waals surface area contributed by atoms with Gasteiger partial charge >= 0.3 is 0 Å². The number of hydrogen-bond donors (Lipinski definition) is 1. The number of ketones is 2. The molecule has 5 aliphatic rings. The second-order valence-corrected chi connectivity index (χ2v) is 21.7. The molecule has 4 saturated heterocycles. The first-order valence-electron chi connectivity index (χ1n) is 33.8. The number of benzene rings is 6. The van der Waals surface area contributed by atoms with E-state index in [4.69, 9.17) is 42.6 Å². The van der Waals surface area contributed by atoms with Crippen LogP contribution in [0.5, 0.6) is 11.5 Å². The molecule has 0 aromatic heterocycles. The van der Waals surface area contributed by atoms with Crippen LogP contribution in [0.15, 0.2) is 158 Å². The van der Waals surface area contributed by atoms with Gasteiger partial charge in [0.15, 0.2) is 36.7 Å². The first kappa shape index (κ1) is 90.1. The molecule has 6 aromatic rings. The van der Waals surface area contributed by atoms with Crippen LogP contribution in [0, 0.1) is 7.14 Å². The van der Waals surface area contributed by atoms with E-state index in [2.05, 4.69) is 45.2 Å². The van der Waals surface area contributed by atoms with E-state index < -0.39 is 0 Å². The number of para-hydroxylation sites is 2. The van der Waals surface area contributed by atoms with E-state index in [1.807, 2.05) is 204 Å². The Morgan fingerprint density at radius 1 is 0.462 bits per heavy atom. The highest BCUT2D eigenvalue weighted by atomic mass is 127. The molecule has 5 aliphatic heterocycles. The van der Waals surface area contributed by atoms with Crippen molar-refractivity contribution in [2.24, 2.45) is 0 Å². The Morgan fingerprint density at radius 3 is 1.19 bits per heavy atom. The third kappa shape index (κ3) is 39.0. The summed E-state index contributed by atoms with van der Waals surface area (Å²) in [5, 5.41) is 9.54. The largest absolute Gasteiger partial charge is 0.507 e. The molecule has 93 heavy (non-hydrogen) atoms. The fourth-order valence-corrected chi connectivity index (χ4v) is 9.62. The van der Waals surface area contributed by atoms with Crippen LogP contribution in [0.3, 0.4) is 0 Å². The summed E-state index contributed by atoms with van der Waals surface area (Å²) in [6, 6.07) is 49.1. The number of aromatic hydroxyl groups is 1. The maximum Gasteiger partial charge on any atom is 0.178 e. The first-order valence-corrected chi connectivity index (χ1v) is 36.0. The number of ether oxygens (including phenoxy) is 9. The molecule has 0 spiro atoms. The molecule has 6 unspecified atom stereocenters. The molecule has 0 saturated carbocycles. The highest BCUT2D eigenvalue weighted by Gasteiger charge is 2.39. The van der Waals surface area contributed by atoms with Crippen molar-refractivity contribution < 1.29 is 62.1 Å². The van der Waals surface area contributed by atoms with E-state index in [-0.39, 0.29) is 54.5 Å². The standard InChI is InChI=1S/C21H15IO2.C14H12O2.C7H5IO.4C6H12O2.6C2H6/c22-16-12-10-15(11-13-16)21-19(14-6-2-1-3-7-14)20(23)17-8-4-5-9-18(17)24-21;15-13-9-5-4-8-12(13)14(16)10-11-6-2-1-3-7-11;8-7-3-1-6(5-9)2-4-7;4*1-7-6-4-2-3-5-8-6;6*1-2/h1-13,19,21H;1-9,15H,10H2;1-5H;4*6H,2-5H2,1H3;6*1-2H3. The summed E-state index contributed by atoms with van der Waals surface area (Å²) in [5.74, 6) is 0.429. The third-order valence-electron chi connectivity index (χ3n) is 13.4. The quantitative estimate of drug-likeness (QED) is 0.0787. The minimum Gasteiger partial charge on any atom is -0.507 e. The van der Waals surface area contributed by atoms with E-state index >= 15 is 0 Å². The molecule has 1 N–H and O–H groups in total. The SMILES string of the molecule is CC.CC.CC.CC.CC.CC.COC1CCCCO1.COC1CCCCO1.COC1CCCCO1.COC1CCCCO1.O=C(Cc1ccccc1)c1ccccc1O.O=C1c2ccccc2OC(c2ccc(I)cc2)C1c1ccccc1.O=Cc1ccc(I)cc1. The number of halogens is 2. The molecule has 0 amide bonds. The highest BCUT2D eigenvalue weighted by Crippen LogP contribution is 2.44. The Balaban J connectivity index is 0. The van der Waals surface area contributed by atoms with Crippen molar-refractivity contribution in [3.63, 3.8) is 0 Å². The maximum atomic E-state index is 13.2. The van der Waals surface area contributed by atoms with Crippen LogP contribution in [-0.4, -0.2) is 103 Å². The molecule has 6 aromatic carbocycles. The fraction of sp³-hybridized carbons (Fsp3) is 0.500. The Morgan fingerprint density at radius 2 is 0.828 bits per heavy atom. The van der Waals surface area contributed by atoms with E-state index in [1.165, 1.54) is 57.4 Å². The van der Waals surface area contributed by atoms with E-state index in [0.29, 0.717) is 23.3 Å². The Bertz CT molecular complexity index is 2570. The van der Waals surface area contributed by atoms with Gasteiger partial charge in [0.2, 0.25) is 0 Å². The number of aldehydes is 1. The van der Waals surface area contributed by atoms with Gasteiger partial charge in [-0.1, -0.05) is 192 Å². The van der Waals surface area contributed by atoms with Crippen molar-refractivity contribution in [2.75, 3.05) is 54.9 Å². The van der Waals surface area contributed by atoms with Crippen molar-refractivity contribution in [2.45, 2.75) is 204 Å². The van der Waals surface area contributed by atoms with Crippen LogP contribution in [-0.2, 0) is 44.3 Å². The van der Waals surface area contributed by atoms with Gasteiger partial charge in [-0.05, 0) is 187 Å². The number of hydrogen-bond acceptors (Lipinski definition) is 13. The molecule has 6 atom stereocenters. The minimum absolute atomic E-state index is 0.0448. The first-order chi connectivity index (χ1) is 45.6. The van der Waals surface area contributed by atoms with Crippen molar-refractivity contribution in [3.8, 4) is 11.5 Å². The lowest BCUT2D eigenvalue weighted by Gasteiger charge is -2.33. The Kier molecular flexibility index (Phi) is 60.0. The van der Waals surface area contributed by atoms with Gasteiger partial charge in [-0.3, -0.25) is 14.4 Å². The fourth-order valence-electron chi connectivity index (χ4n) is 8.90. The smallest absolute Gasteiger partial charge is 0.178 e. The lowest BCUT2D eigenvalue weighted by atomic mass is 9.81. The van der Waals surface area contributed by atoms with Crippen molar-refractivity contribution in [3.05, 3.63) is 198 Å². The zero-order chi connectivity index (χ0) is 69.9. The average Bonchev–Trinajstić information content (AvgIpc) is 0.782. The van der Waals surface area contributed by atoms with Gasteiger partial charge in [0, 0.05) is 74.0 Å². The van der Waals surface area contributed by atoms with Gasteiger partial charge in [0.05, 0.1) is 17.0 Å². The van der Waals surface area contributed by atoms with Crippen LogP contribution in [0.4, 0.5) is 0 Å². The lowest BCUT2D eigenvalue weighted by molar-refractivity contribution is -0.145. The summed E-state index contributed by atoms with van der Waals surface area (Å²) in [6.07, 6.45) is 15.2. The molecule has 4 fully saturated rings. The van der Waals surface area contributed by atoms with Gasteiger partial charge < -0.3 is 47.7 Å². The number of phenols is 1. The summed E-state index contributed by atoms with van der Waals surface area (Å²) in [5.41, 5.74) is 4.73. The van der Waals surface area contributed by atoms with Crippen molar-refractivity contribution in [1.29, 1.82) is 0 Å². The van der Waals surface area contributed by atoms with Crippen LogP contribution < -0.4 is 4.74 Å². The van der Waals surface area contributed by atoms with Gasteiger partial charge in [0.1, 0.15) is 23.9 Å². The second kappa shape index (κ2) is 61.9. The van der Waals surface area contributed by atoms with E-state index in [9.17, 15) is 19.5 Å². The van der Waals surface area contributed by atoms with Gasteiger partial charge in [-0.25, -0.2) is 0 Å². The molecule has 520 valence electrons. The van der Waals surface area contributed by atoms with E-state index in [1.54, 1.807) is 58.8 Å². The second-order valence-electron chi connectivity index (χ2n) is 19.2. The summed E-state index contributed by atoms with van der Waals surface area (Å²) < 4.78 is 49.3. The molecule has 0 bridgehead atoms. The normalized spacial score (nSPS) is 18.5. The number of carbonyl (C=O) groups excluding carboxylic acids is 3. The average molecular weight is 1520 g/mol. The highest BCUT2D eigenvalue weighted by molar-refractivity contribution is 14.1. The number of Topliss-reactive ketones (excluding diaryl/α,β-unsaturated/α-hetero) is 2. The van der Waals surface area contributed by atoms with Crippen molar-refractivity contribution >= 4 is 63.0 Å². The molecule has 0 radical (unpaired) electrons. The van der Waals surface area contributed by atoms with Crippen LogP contribution in [0.2, 0.25) is 0 Å². The molecular weight excluding hydrogens is 1400 g/mol. The zero-order valence-electron chi connectivity index (χ0n) is 59.2. The van der Waals surface area contributed by atoms with Crippen LogP contribution in [0.25, 0.3) is 0 Å². The third-order valence-corrected chi connectivity index (χ3v) is 14.8. The van der Waals surface area contributed by atoms with Gasteiger partial charge in [0.25, 0.3) is 0 Å². The molecule has 15 heteroatoms. The van der Waals surface area contributed by atoms with E-state index in [0.717, 1.165) is 87.8 Å². The Labute approximate surface area is 589 Å². The number of methoxy groups -OCH3 is 4. The van der Waals surface area contributed by atoms with Crippen molar-refractivity contribution in [1.82, 2.24) is 0 Å². The lowest BCUT2D eigenvalue weighted by Crippen LogP contribution is -2.30. The molecule has 11 rings (SSSR count). The summed E-state index contributed by atoms with van der Waals surface area (Å²) in [4.78, 5) is 35.2. The molecular formula is C78H116I2O13. The van der Waals surface area contributed by atoms with Crippen LogP contribution in [0.1, 0.15) is 220 Å². The summed E-state index contributed by atoms with van der Waals surface area (Å²) in [7, 11) is 6.76. The Hall–Kier alpha value is -4.93. The molecule has 5 heterocycles. The van der Waals surface area contributed by atoms with Gasteiger partial charge in [-0.15, -0.1) is 0 Å². The molecule has 13 nitrogen and oxygen atoms in total. The van der Waals surface area contributed by atoms with Gasteiger partial charge in [-0.2, -0.15) is 0 Å². The summed E-state index contributed by atoms with van der Waals surface area (Å²) >= 11 is 4.48. The predicted octanol–water partition coefficient (Wildman–Crippen LogP) is 21.1. The predicted molar refractivity (Wildman–Crippen MR) is 400 cm³/mol. The number of rotatable bonds is 10.